The third-order valence-electron chi connectivity index (χ3n) is 5.16. The van der Waals surface area contributed by atoms with Crippen LogP contribution in [-0.4, -0.2) is 19.8 Å². The summed E-state index contributed by atoms with van der Waals surface area (Å²) in [5.74, 6) is 3.60. The van der Waals surface area contributed by atoms with Crippen molar-refractivity contribution in [2.45, 2.75) is 50.0 Å². The fourth-order valence-corrected chi connectivity index (χ4v) is 4.27. The van der Waals surface area contributed by atoms with Crippen LogP contribution in [0.3, 0.4) is 0 Å². The quantitative estimate of drug-likeness (QED) is 0.888. The van der Waals surface area contributed by atoms with Gasteiger partial charge < -0.3 is 15.2 Å². The van der Waals surface area contributed by atoms with Crippen molar-refractivity contribution >= 4 is 0 Å². The van der Waals surface area contributed by atoms with E-state index in [4.69, 9.17) is 15.2 Å². The molecule has 3 aliphatic carbocycles. The van der Waals surface area contributed by atoms with E-state index in [0.29, 0.717) is 18.4 Å². The normalized spacial score (nSPS) is 30.7. The molecule has 2 N–H and O–H groups in total. The zero-order chi connectivity index (χ0) is 13.0. The topological polar surface area (TPSA) is 44.5 Å². The second kappa shape index (κ2) is 4.14. The highest BCUT2D eigenvalue weighted by Gasteiger charge is 2.40. The van der Waals surface area contributed by atoms with Gasteiger partial charge in [-0.2, -0.15) is 0 Å². The Morgan fingerprint density at radius 3 is 2.53 bits per heavy atom. The number of fused-ring (bicyclic) bond motifs is 3. The molecule has 3 heteroatoms. The lowest BCUT2D eigenvalue weighted by molar-refractivity contribution is 0.232. The van der Waals surface area contributed by atoms with Gasteiger partial charge in [0, 0.05) is 29.7 Å². The Balaban J connectivity index is 1.91. The van der Waals surface area contributed by atoms with Crippen molar-refractivity contribution in [2.75, 3.05) is 13.7 Å². The maximum absolute atomic E-state index is 6.13. The van der Waals surface area contributed by atoms with Crippen LogP contribution in [0.1, 0.15) is 54.2 Å². The molecule has 0 saturated heterocycles. The molecule has 1 atom stereocenters. The van der Waals surface area contributed by atoms with Crippen LogP contribution < -0.4 is 15.2 Å². The molecule has 3 nitrogen and oxygen atoms in total. The molecule has 1 aromatic rings. The number of hydrogen-bond acceptors (Lipinski definition) is 3. The first-order valence-electron chi connectivity index (χ1n) is 7.42. The molecule has 0 aromatic heterocycles. The molecular formula is C16H21NO2. The van der Waals surface area contributed by atoms with Crippen LogP contribution in [0.2, 0.25) is 0 Å². The molecule has 0 spiro atoms. The van der Waals surface area contributed by atoms with Gasteiger partial charge >= 0.3 is 0 Å². The molecule has 1 aliphatic heterocycles. The van der Waals surface area contributed by atoms with Crippen LogP contribution in [0.15, 0.2) is 6.07 Å². The molecule has 4 aliphatic rings. The third kappa shape index (κ3) is 1.54. The van der Waals surface area contributed by atoms with E-state index in [1.165, 1.54) is 42.4 Å². The Morgan fingerprint density at radius 2 is 1.89 bits per heavy atom. The molecule has 1 aromatic carbocycles. The molecule has 0 amide bonds. The monoisotopic (exact) mass is 259 g/mol. The van der Waals surface area contributed by atoms with Crippen molar-refractivity contribution in [1.82, 2.24) is 0 Å². The summed E-state index contributed by atoms with van der Waals surface area (Å²) < 4.78 is 11.8. The molecule has 1 heterocycles. The summed E-state index contributed by atoms with van der Waals surface area (Å²) in [7, 11) is 1.79. The standard InChI is InChI=1S/C16H21NO2/c1-18-13-7-11-6-12(8-17)19-16(11)15-10-4-2-9(3-5-10)14(13)15/h7,9-10,12H,2-6,8,17H2,1H3. The summed E-state index contributed by atoms with van der Waals surface area (Å²) in [5.41, 5.74) is 10.00. The van der Waals surface area contributed by atoms with Gasteiger partial charge in [-0.05, 0) is 43.6 Å². The Bertz CT molecular complexity index is 518. The molecule has 1 unspecified atom stereocenters. The maximum Gasteiger partial charge on any atom is 0.127 e. The predicted octanol–water partition coefficient (Wildman–Crippen LogP) is 2.71. The minimum absolute atomic E-state index is 0.159. The lowest BCUT2D eigenvalue weighted by Gasteiger charge is -2.39. The summed E-state index contributed by atoms with van der Waals surface area (Å²) in [5, 5.41) is 0. The van der Waals surface area contributed by atoms with Gasteiger partial charge in [0.25, 0.3) is 0 Å². The molecule has 102 valence electrons. The Morgan fingerprint density at radius 1 is 1.21 bits per heavy atom. The zero-order valence-corrected chi connectivity index (χ0v) is 11.4. The van der Waals surface area contributed by atoms with E-state index < -0.39 is 0 Å². The van der Waals surface area contributed by atoms with Gasteiger partial charge in [-0.15, -0.1) is 0 Å². The third-order valence-corrected chi connectivity index (χ3v) is 5.16. The van der Waals surface area contributed by atoms with Crippen LogP contribution in [0, 0.1) is 0 Å². The smallest absolute Gasteiger partial charge is 0.127 e. The lowest BCUT2D eigenvalue weighted by atomic mass is 9.66. The molecule has 1 saturated carbocycles. The maximum atomic E-state index is 6.13. The van der Waals surface area contributed by atoms with Gasteiger partial charge in [0.1, 0.15) is 17.6 Å². The SMILES string of the molecule is COc1cc2c(c3c1C1CCC3CC1)OC(CN)C2. The van der Waals surface area contributed by atoms with Crippen LogP contribution in [0.5, 0.6) is 11.5 Å². The Hall–Kier alpha value is -1.22. The van der Waals surface area contributed by atoms with E-state index in [1.807, 2.05) is 0 Å². The second-order valence-electron chi connectivity index (χ2n) is 6.12. The van der Waals surface area contributed by atoms with E-state index in [-0.39, 0.29) is 6.10 Å². The average Bonchev–Trinajstić information content (AvgIpc) is 2.90. The average molecular weight is 259 g/mol. The molecule has 19 heavy (non-hydrogen) atoms. The largest absolute Gasteiger partial charge is 0.496 e. The van der Waals surface area contributed by atoms with E-state index in [0.717, 1.165) is 17.9 Å². The minimum atomic E-state index is 0.159. The second-order valence-corrected chi connectivity index (χ2v) is 6.12. The highest BCUT2D eigenvalue weighted by atomic mass is 16.5. The van der Waals surface area contributed by atoms with Crippen molar-refractivity contribution in [2.24, 2.45) is 5.73 Å². The van der Waals surface area contributed by atoms with Gasteiger partial charge in [-0.3, -0.25) is 0 Å². The van der Waals surface area contributed by atoms with Crippen molar-refractivity contribution in [1.29, 1.82) is 0 Å². The van der Waals surface area contributed by atoms with E-state index in [9.17, 15) is 0 Å². The van der Waals surface area contributed by atoms with E-state index in [1.54, 1.807) is 7.11 Å². The summed E-state index contributed by atoms with van der Waals surface area (Å²) in [6, 6.07) is 2.20. The number of benzene rings is 1. The first kappa shape index (κ1) is 11.6. The summed E-state index contributed by atoms with van der Waals surface area (Å²) >= 11 is 0. The van der Waals surface area contributed by atoms with Crippen molar-refractivity contribution < 1.29 is 9.47 Å². The number of rotatable bonds is 2. The van der Waals surface area contributed by atoms with Crippen molar-refractivity contribution in [3.8, 4) is 11.5 Å². The number of methoxy groups -OCH3 is 1. The van der Waals surface area contributed by atoms with Gasteiger partial charge in [-0.25, -0.2) is 0 Å². The van der Waals surface area contributed by atoms with Crippen LogP contribution in [0.4, 0.5) is 0 Å². The predicted molar refractivity (Wildman–Crippen MR) is 74.1 cm³/mol. The van der Waals surface area contributed by atoms with Crippen LogP contribution in [-0.2, 0) is 6.42 Å². The Kier molecular flexibility index (Phi) is 2.52. The van der Waals surface area contributed by atoms with Gasteiger partial charge in [-0.1, -0.05) is 0 Å². The number of nitrogens with two attached hydrogens (primary N) is 1. The first-order chi connectivity index (χ1) is 9.31. The molecule has 0 radical (unpaired) electrons. The van der Waals surface area contributed by atoms with E-state index >= 15 is 0 Å². The van der Waals surface area contributed by atoms with E-state index in [2.05, 4.69) is 6.07 Å². The summed E-state index contributed by atoms with van der Waals surface area (Å²) in [6.45, 7) is 0.597. The zero-order valence-electron chi connectivity index (χ0n) is 11.4. The van der Waals surface area contributed by atoms with Gasteiger partial charge in [0.15, 0.2) is 0 Å². The highest BCUT2D eigenvalue weighted by molar-refractivity contribution is 5.60. The summed E-state index contributed by atoms with van der Waals surface area (Å²) in [6.07, 6.45) is 6.35. The Labute approximate surface area is 114 Å². The molecular weight excluding hydrogens is 238 g/mol. The fraction of sp³-hybridized carbons (Fsp3) is 0.625. The molecule has 2 bridgehead atoms. The highest BCUT2D eigenvalue weighted by Crippen LogP contribution is 2.57. The van der Waals surface area contributed by atoms with Crippen LogP contribution >= 0.6 is 0 Å². The fourth-order valence-electron chi connectivity index (χ4n) is 4.27. The summed E-state index contributed by atoms with van der Waals surface area (Å²) in [4.78, 5) is 0. The van der Waals surface area contributed by atoms with Gasteiger partial charge in [0.2, 0.25) is 0 Å². The van der Waals surface area contributed by atoms with Crippen molar-refractivity contribution in [3.63, 3.8) is 0 Å². The van der Waals surface area contributed by atoms with Gasteiger partial charge in [0.05, 0.1) is 7.11 Å². The minimum Gasteiger partial charge on any atom is -0.496 e. The van der Waals surface area contributed by atoms with Crippen LogP contribution in [0.25, 0.3) is 0 Å². The molecule has 1 fully saturated rings. The lowest BCUT2D eigenvalue weighted by Crippen LogP contribution is -2.25. The number of hydrogen-bond donors (Lipinski definition) is 1. The number of ether oxygens (including phenoxy) is 2. The molecule has 5 rings (SSSR count). The van der Waals surface area contributed by atoms with Crippen molar-refractivity contribution in [3.05, 3.63) is 22.8 Å². The first-order valence-corrected chi connectivity index (χ1v) is 7.42.